The standard InChI is InChI=1S/C25H26ClN7O2/c1-3-17-12-32(13-17)14-21(24(34)31-22-9-8-16(2)10-27-22)35-25-18-11-30-33(23(18)28-15-29-25)20-7-5-4-6-19(20)26/h4-11,15,17,21H,3,12-14H2,1-2H3,(H,27,31,34). The number of likely N-dealkylation sites (tertiary alicyclic amines) is 1. The summed E-state index contributed by atoms with van der Waals surface area (Å²) >= 11 is 6.37. The molecule has 4 heterocycles. The van der Waals surface area contributed by atoms with Crippen LogP contribution in [0.25, 0.3) is 16.7 Å². The quantitative estimate of drug-likeness (QED) is 0.399. The van der Waals surface area contributed by atoms with E-state index in [2.05, 4.69) is 37.2 Å². The molecule has 0 spiro atoms. The topological polar surface area (TPSA) is 98.1 Å². The minimum absolute atomic E-state index is 0.286. The predicted molar refractivity (Wildman–Crippen MR) is 134 cm³/mol. The molecule has 0 radical (unpaired) electrons. The van der Waals surface area contributed by atoms with Gasteiger partial charge in [0.25, 0.3) is 5.91 Å². The molecular formula is C25H26ClN7O2. The Kier molecular flexibility index (Phi) is 6.61. The zero-order valence-corrected chi connectivity index (χ0v) is 20.3. The van der Waals surface area contributed by atoms with Crippen LogP contribution < -0.4 is 10.1 Å². The summed E-state index contributed by atoms with van der Waals surface area (Å²) in [7, 11) is 0. The average molecular weight is 492 g/mol. The number of pyridine rings is 1. The molecule has 0 bridgehead atoms. The number of aromatic nitrogens is 5. The summed E-state index contributed by atoms with van der Waals surface area (Å²) in [5, 5.41) is 8.46. The van der Waals surface area contributed by atoms with E-state index in [-0.39, 0.29) is 11.8 Å². The fraction of sp³-hybridized carbons (Fsp3) is 0.320. The van der Waals surface area contributed by atoms with Crippen LogP contribution in [0, 0.1) is 12.8 Å². The molecule has 35 heavy (non-hydrogen) atoms. The van der Waals surface area contributed by atoms with Crippen LogP contribution in [-0.2, 0) is 4.79 Å². The first-order valence-corrected chi connectivity index (χ1v) is 12.0. The van der Waals surface area contributed by atoms with Crippen molar-refractivity contribution in [3.63, 3.8) is 0 Å². The van der Waals surface area contributed by atoms with Gasteiger partial charge in [-0.25, -0.2) is 19.6 Å². The molecule has 3 aromatic heterocycles. The maximum atomic E-state index is 13.3. The lowest BCUT2D eigenvalue weighted by Crippen LogP contribution is -2.53. The SMILES string of the molecule is CCC1CN(CC(Oc2ncnc3c2cnn3-c2ccccc2Cl)C(=O)Nc2ccc(C)cn2)C1. The third-order valence-electron chi connectivity index (χ3n) is 6.15. The second kappa shape index (κ2) is 9.97. The second-order valence-corrected chi connectivity index (χ2v) is 9.14. The Balaban J connectivity index is 1.42. The van der Waals surface area contributed by atoms with Crippen LogP contribution in [0.5, 0.6) is 5.88 Å². The predicted octanol–water partition coefficient (Wildman–Crippen LogP) is 3.90. The number of fused-ring (bicyclic) bond motifs is 1. The molecule has 0 saturated carbocycles. The van der Waals surface area contributed by atoms with Crippen molar-refractivity contribution in [2.45, 2.75) is 26.4 Å². The third-order valence-corrected chi connectivity index (χ3v) is 6.47. The van der Waals surface area contributed by atoms with Crippen LogP contribution in [0.4, 0.5) is 5.82 Å². The number of aryl methyl sites for hydroxylation is 1. The van der Waals surface area contributed by atoms with Crippen molar-refractivity contribution in [1.29, 1.82) is 0 Å². The van der Waals surface area contributed by atoms with Gasteiger partial charge in [-0.2, -0.15) is 5.10 Å². The van der Waals surface area contributed by atoms with E-state index < -0.39 is 6.10 Å². The van der Waals surface area contributed by atoms with E-state index in [9.17, 15) is 4.79 Å². The van der Waals surface area contributed by atoms with Crippen LogP contribution in [0.2, 0.25) is 5.02 Å². The first kappa shape index (κ1) is 23.2. The molecule has 1 amide bonds. The smallest absolute Gasteiger partial charge is 0.268 e. The molecule has 1 N–H and O–H groups in total. The van der Waals surface area contributed by atoms with Crippen LogP contribution >= 0.6 is 11.6 Å². The van der Waals surface area contributed by atoms with E-state index in [1.54, 1.807) is 29.2 Å². The van der Waals surface area contributed by atoms with Gasteiger partial charge in [0, 0.05) is 25.8 Å². The van der Waals surface area contributed by atoms with Crippen molar-refractivity contribution < 1.29 is 9.53 Å². The van der Waals surface area contributed by atoms with Gasteiger partial charge in [-0.15, -0.1) is 0 Å². The molecule has 10 heteroatoms. The van der Waals surface area contributed by atoms with Gasteiger partial charge in [-0.3, -0.25) is 9.69 Å². The normalized spacial score (nSPS) is 15.1. The zero-order valence-electron chi connectivity index (χ0n) is 19.6. The van der Waals surface area contributed by atoms with Crippen molar-refractivity contribution in [2.24, 2.45) is 5.92 Å². The van der Waals surface area contributed by atoms with E-state index in [1.807, 2.05) is 31.2 Å². The lowest BCUT2D eigenvalue weighted by Gasteiger charge is -2.40. The molecule has 1 saturated heterocycles. The number of hydrogen-bond donors (Lipinski definition) is 1. The number of ether oxygens (including phenoxy) is 1. The number of hydrogen-bond acceptors (Lipinski definition) is 7. The van der Waals surface area contributed by atoms with Crippen LogP contribution in [0.3, 0.4) is 0 Å². The first-order chi connectivity index (χ1) is 17.0. The van der Waals surface area contributed by atoms with Crippen LogP contribution in [0.1, 0.15) is 18.9 Å². The van der Waals surface area contributed by atoms with Crippen molar-refractivity contribution >= 4 is 34.4 Å². The molecule has 5 rings (SSSR count). The van der Waals surface area contributed by atoms with E-state index in [4.69, 9.17) is 16.3 Å². The minimum Gasteiger partial charge on any atom is -0.462 e. The summed E-state index contributed by atoms with van der Waals surface area (Å²) in [6.07, 6.45) is 5.07. The lowest BCUT2D eigenvalue weighted by molar-refractivity contribution is -0.124. The Morgan fingerprint density at radius 2 is 2.00 bits per heavy atom. The molecule has 4 aromatic rings. The summed E-state index contributed by atoms with van der Waals surface area (Å²) in [5.41, 5.74) is 2.25. The van der Waals surface area contributed by atoms with Gasteiger partial charge in [0.05, 0.1) is 16.9 Å². The van der Waals surface area contributed by atoms with E-state index >= 15 is 0 Å². The number of carbonyl (C=O) groups is 1. The number of para-hydroxylation sites is 1. The highest BCUT2D eigenvalue weighted by Crippen LogP contribution is 2.28. The van der Waals surface area contributed by atoms with Crippen molar-refractivity contribution in [2.75, 3.05) is 25.0 Å². The molecule has 1 aromatic carbocycles. The molecule has 180 valence electrons. The molecule has 1 unspecified atom stereocenters. The highest BCUT2D eigenvalue weighted by atomic mass is 35.5. The molecule has 1 aliphatic rings. The van der Waals surface area contributed by atoms with Crippen molar-refractivity contribution in [3.05, 3.63) is 65.7 Å². The molecular weight excluding hydrogens is 466 g/mol. The van der Waals surface area contributed by atoms with Crippen molar-refractivity contribution in [3.8, 4) is 11.6 Å². The van der Waals surface area contributed by atoms with Gasteiger partial charge in [0.2, 0.25) is 5.88 Å². The van der Waals surface area contributed by atoms with Crippen LogP contribution in [-0.4, -0.2) is 61.3 Å². The number of halogens is 1. The maximum Gasteiger partial charge on any atom is 0.268 e. The van der Waals surface area contributed by atoms with Crippen molar-refractivity contribution in [1.82, 2.24) is 29.6 Å². The number of carbonyl (C=O) groups excluding carboxylic acids is 1. The fourth-order valence-electron chi connectivity index (χ4n) is 4.09. The Morgan fingerprint density at radius 3 is 2.74 bits per heavy atom. The van der Waals surface area contributed by atoms with Gasteiger partial charge in [0.1, 0.15) is 17.5 Å². The summed E-state index contributed by atoms with van der Waals surface area (Å²) in [4.78, 5) is 28.5. The first-order valence-electron chi connectivity index (χ1n) is 11.6. The number of nitrogens with zero attached hydrogens (tertiary/aromatic N) is 6. The number of amides is 1. The van der Waals surface area contributed by atoms with Gasteiger partial charge < -0.3 is 10.1 Å². The fourth-order valence-corrected chi connectivity index (χ4v) is 4.31. The molecule has 1 atom stereocenters. The van der Waals surface area contributed by atoms with Gasteiger partial charge in [-0.05, 0) is 36.6 Å². The summed E-state index contributed by atoms with van der Waals surface area (Å²) in [6, 6.07) is 11.1. The lowest BCUT2D eigenvalue weighted by atomic mass is 9.97. The Bertz CT molecular complexity index is 1340. The average Bonchev–Trinajstić information content (AvgIpc) is 3.27. The largest absolute Gasteiger partial charge is 0.462 e. The summed E-state index contributed by atoms with van der Waals surface area (Å²) in [5.74, 6) is 1.13. The number of rotatable bonds is 8. The summed E-state index contributed by atoms with van der Waals surface area (Å²) in [6.45, 7) is 6.45. The highest BCUT2D eigenvalue weighted by molar-refractivity contribution is 6.32. The molecule has 9 nitrogen and oxygen atoms in total. The second-order valence-electron chi connectivity index (χ2n) is 8.73. The van der Waals surface area contributed by atoms with Crippen LogP contribution in [0.15, 0.2) is 55.1 Å². The third kappa shape index (κ3) is 4.96. The Morgan fingerprint density at radius 1 is 1.17 bits per heavy atom. The Hall–Kier alpha value is -3.56. The highest BCUT2D eigenvalue weighted by Gasteiger charge is 2.32. The van der Waals surface area contributed by atoms with E-state index in [1.165, 1.54) is 6.33 Å². The summed E-state index contributed by atoms with van der Waals surface area (Å²) < 4.78 is 7.86. The monoisotopic (exact) mass is 491 g/mol. The molecule has 0 aliphatic carbocycles. The van der Waals surface area contributed by atoms with Gasteiger partial charge in [-0.1, -0.05) is 43.1 Å². The minimum atomic E-state index is -0.794. The molecule has 1 aliphatic heterocycles. The zero-order chi connectivity index (χ0) is 24.4. The number of nitrogens with one attached hydrogen (secondary N) is 1. The van der Waals surface area contributed by atoms with Gasteiger partial charge in [0.15, 0.2) is 11.8 Å². The maximum absolute atomic E-state index is 13.3. The number of anilines is 1. The van der Waals surface area contributed by atoms with Gasteiger partial charge >= 0.3 is 0 Å². The van der Waals surface area contributed by atoms with E-state index in [0.29, 0.717) is 40.0 Å². The Labute approximate surface area is 208 Å². The molecule has 1 fully saturated rings. The van der Waals surface area contributed by atoms with E-state index in [0.717, 1.165) is 25.1 Å². The number of benzene rings is 1.